The zero-order valence-electron chi connectivity index (χ0n) is 13.1. The molecule has 2 N–H and O–H groups in total. The van der Waals surface area contributed by atoms with E-state index in [2.05, 4.69) is 16.8 Å². The summed E-state index contributed by atoms with van der Waals surface area (Å²) in [5, 5.41) is 0. The highest BCUT2D eigenvalue weighted by Crippen LogP contribution is 2.14. The number of hydrogen-bond acceptors (Lipinski definition) is 3. The van der Waals surface area contributed by atoms with Crippen LogP contribution in [-0.4, -0.2) is 44.7 Å². The van der Waals surface area contributed by atoms with Crippen LogP contribution >= 0.6 is 0 Å². The summed E-state index contributed by atoms with van der Waals surface area (Å²) in [6, 6.07) is 9.21. The second-order valence-electron chi connectivity index (χ2n) is 6.01. The molecular weight excluding hydrogens is 298 g/mol. The van der Waals surface area contributed by atoms with Gasteiger partial charge in [-0.3, -0.25) is 4.99 Å². The molecule has 22 heavy (non-hydrogen) atoms. The largest absolute Gasteiger partial charge is 0.370 e. The first kappa shape index (κ1) is 16.8. The molecule has 2 rings (SSSR count). The molecule has 0 spiro atoms. The second-order valence-corrected chi connectivity index (χ2v) is 8.20. The smallest absolute Gasteiger partial charge is 0.191 e. The lowest BCUT2D eigenvalue weighted by molar-refractivity contribution is 0.270. The van der Waals surface area contributed by atoms with Crippen LogP contribution in [0.5, 0.6) is 0 Å². The third-order valence-electron chi connectivity index (χ3n) is 3.89. The van der Waals surface area contributed by atoms with Crippen molar-refractivity contribution in [3.05, 3.63) is 35.9 Å². The average Bonchev–Trinajstić information content (AvgIpc) is 2.47. The number of nitrogens with zero attached hydrogens (tertiary/aromatic N) is 2. The van der Waals surface area contributed by atoms with Crippen LogP contribution < -0.4 is 5.73 Å². The van der Waals surface area contributed by atoms with Crippen molar-refractivity contribution in [1.29, 1.82) is 0 Å². The molecule has 122 valence electrons. The van der Waals surface area contributed by atoms with Gasteiger partial charge in [0.1, 0.15) is 0 Å². The lowest BCUT2D eigenvalue weighted by atomic mass is 10.0. The summed E-state index contributed by atoms with van der Waals surface area (Å²) in [6.45, 7) is 4.25. The molecular formula is C16H25N3O2S. The van der Waals surface area contributed by atoms with Gasteiger partial charge >= 0.3 is 0 Å². The number of sulfone groups is 1. The molecule has 5 nitrogen and oxygen atoms in total. The molecule has 1 atom stereocenters. The van der Waals surface area contributed by atoms with Crippen LogP contribution in [0.3, 0.4) is 0 Å². The van der Waals surface area contributed by atoms with Crippen molar-refractivity contribution < 1.29 is 8.42 Å². The van der Waals surface area contributed by atoms with Crippen molar-refractivity contribution in [1.82, 2.24) is 4.90 Å². The minimum atomic E-state index is -3.15. The van der Waals surface area contributed by atoms with E-state index in [0.29, 0.717) is 11.9 Å². The maximum atomic E-state index is 12.1. The Balaban J connectivity index is 1.85. The first-order chi connectivity index (χ1) is 10.5. The number of hydrogen-bond donors (Lipinski definition) is 1. The third-order valence-corrected chi connectivity index (χ3v) is 5.46. The number of nitrogens with two attached hydrogens (primary N) is 1. The minimum absolute atomic E-state index is 0.0337. The highest BCUT2D eigenvalue weighted by Gasteiger charge is 2.18. The predicted molar refractivity (Wildman–Crippen MR) is 90.4 cm³/mol. The molecule has 0 amide bonds. The van der Waals surface area contributed by atoms with E-state index in [1.54, 1.807) is 0 Å². The molecule has 1 aliphatic heterocycles. The highest BCUT2D eigenvalue weighted by molar-refractivity contribution is 7.90. The number of rotatable bonds is 5. The molecule has 0 bridgehead atoms. The first-order valence-electron chi connectivity index (χ1n) is 7.75. The normalized spacial score (nSPS) is 20.1. The molecule has 1 fully saturated rings. The van der Waals surface area contributed by atoms with Crippen molar-refractivity contribution in [2.24, 2.45) is 16.6 Å². The van der Waals surface area contributed by atoms with Gasteiger partial charge in [0.25, 0.3) is 0 Å². The lowest BCUT2D eigenvalue weighted by Crippen LogP contribution is -2.43. The number of piperidine rings is 1. The Hall–Kier alpha value is -1.56. The molecule has 1 aliphatic rings. The Morgan fingerprint density at radius 1 is 1.36 bits per heavy atom. The predicted octanol–water partition coefficient (Wildman–Crippen LogP) is 1.65. The van der Waals surface area contributed by atoms with Gasteiger partial charge in [-0.25, -0.2) is 8.42 Å². The lowest BCUT2D eigenvalue weighted by Gasteiger charge is -2.31. The van der Waals surface area contributed by atoms with E-state index < -0.39 is 9.84 Å². The van der Waals surface area contributed by atoms with E-state index in [0.717, 1.165) is 25.1 Å². The van der Waals surface area contributed by atoms with Crippen molar-refractivity contribution in [2.75, 3.05) is 25.4 Å². The van der Waals surface area contributed by atoms with Gasteiger partial charge in [-0.1, -0.05) is 37.3 Å². The van der Waals surface area contributed by atoms with Crippen LogP contribution in [0.4, 0.5) is 0 Å². The maximum Gasteiger partial charge on any atom is 0.191 e. The van der Waals surface area contributed by atoms with Crippen molar-refractivity contribution >= 4 is 15.8 Å². The topological polar surface area (TPSA) is 75.8 Å². The van der Waals surface area contributed by atoms with E-state index in [9.17, 15) is 8.42 Å². The SMILES string of the molecule is CC1CCCN(C(N)=NCCS(=O)(=O)Cc2ccccc2)C1. The van der Waals surface area contributed by atoms with Gasteiger partial charge in [0.15, 0.2) is 15.8 Å². The number of guanidine groups is 1. The monoisotopic (exact) mass is 323 g/mol. The summed E-state index contributed by atoms with van der Waals surface area (Å²) in [5.74, 6) is 1.18. The molecule has 0 radical (unpaired) electrons. The third kappa shape index (κ3) is 5.33. The molecule has 0 saturated carbocycles. The first-order valence-corrected chi connectivity index (χ1v) is 9.57. The molecule has 1 heterocycles. The van der Waals surface area contributed by atoms with Crippen LogP contribution in [0.2, 0.25) is 0 Å². The highest BCUT2D eigenvalue weighted by atomic mass is 32.2. The quantitative estimate of drug-likeness (QED) is 0.660. The standard InChI is InChI=1S/C16H25N3O2S/c1-14-6-5-10-19(12-14)16(17)18-9-11-22(20,21)13-15-7-3-2-4-8-15/h2-4,7-8,14H,5-6,9-13H2,1H3,(H2,17,18). The number of aliphatic imine (C=N–C) groups is 1. The molecule has 6 heteroatoms. The van der Waals surface area contributed by atoms with Crippen molar-refractivity contribution in [2.45, 2.75) is 25.5 Å². The van der Waals surface area contributed by atoms with E-state index >= 15 is 0 Å². The van der Waals surface area contributed by atoms with E-state index in [1.807, 2.05) is 30.3 Å². The Morgan fingerprint density at radius 2 is 2.09 bits per heavy atom. The summed E-state index contributed by atoms with van der Waals surface area (Å²) in [6.07, 6.45) is 2.33. The zero-order chi connectivity index (χ0) is 16.0. The molecule has 1 saturated heterocycles. The summed E-state index contributed by atoms with van der Waals surface area (Å²) in [7, 11) is -3.15. The van der Waals surface area contributed by atoms with Gasteiger partial charge in [0.2, 0.25) is 0 Å². The fourth-order valence-corrected chi connectivity index (χ4v) is 3.91. The van der Waals surface area contributed by atoms with Gasteiger partial charge in [-0.05, 0) is 24.3 Å². The van der Waals surface area contributed by atoms with Crippen LogP contribution in [0.15, 0.2) is 35.3 Å². The van der Waals surface area contributed by atoms with Gasteiger partial charge in [0, 0.05) is 13.1 Å². The average molecular weight is 323 g/mol. The molecule has 1 aromatic rings. The van der Waals surface area contributed by atoms with Crippen LogP contribution in [0.25, 0.3) is 0 Å². The Kier molecular flexibility index (Phi) is 5.83. The maximum absolute atomic E-state index is 12.1. The summed E-state index contributed by atoms with van der Waals surface area (Å²) >= 11 is 0. The van der Waals surface area contributed by atoms with E-state index in [1.165, 1.54) is 6.42 Å². The van der Waals surface area contributed by atoms with Crippen molar-refractivity contribution in [3.63, 3.8) is 0 Å². The van der Waals surface area contributed by atoms with Gasteiger partial charge in [-0.15, -0.1) is 0 Å². The van der Waals surface area contributed by atoms with Crippen molar-refractivity contribution in [3.8, 4) is 0 Å². The van der Waals surface area contributed by atoms with Gasteiger partial charge < -0.3 is 10.6 Å². The Morgan fingerprint density at radius 3 is 2.77 bits per heavy atom. The van der Waals surface area contributed by atoms with E-state index in [4.69, 9.17) is 5.73 Å². The molecule has 1 aromatic carbocycles. The fourth-order valence-electron chi connectivity index (χ4n) is 2.70. The van der Waals surface area contributed by atoms with Crippen LogP contribution in [0.1, 0.15) is 25.3 Å². The Bertz CT molecular complexity index is 599. The van der Waals surface area contributed by atoms with Gasteiger partial charge in [-0.2, -0.15) is 0 Å². The van der Waals surface area contributed by atoms with Crippen LogP contribution in [0, 0.1) is 5.92 Å². The number of benzene rings is 1. The van der Waals surface area contributed by atoms with Crippen LogP contribution in [-0.2, 0) is 15.6 Å². The fraction of sp³-hybridized carbons (Fsp3) is 0.562. The summed E-state index contributed by atoms with van der Waals surface area (Å²) in [5.41, 5.74) is 6.78. The number of likely N-dealkylation sites (tertiary alicyclic amines) is 1. The zero-order valence-corrected chi connectivity index (χ0v) is 13.9. The Labute approximate surface area is 133 Å². The summed E-state index contributed by atoms with van der Waals surface area (Å²) in [4.78, 5) is 6.30. The molecule has 1 unspecified atom stereocenters. The van der Waals surface area contributed by atoms with E-state index in [-0.39, 0.29) is 18.1 Å². The second kappa shape index (κ2) is 7.63. The minimum Gasteiger partial charge on any atom is -0.370 e. The summed E-state index contributed by atoms with van der Waals surface area (Å²) < 4.78 is 24.2. The molecule has 0 aromatic heterocycles. The molecule has 0 aliphatic carbocycles. The van der Waals surface area contributed by atoms with Gasteiger partial charge in [0.05, 0.1) is 18.1 Å².